The third kappa shape index (κ3) is 1.17. The minimum absolute atomic E-state index is 0.113. The van der Waals surface area contributed by atoms with Crippen LogP contribution in [0.4, 0.5) is 5.69 Å². The van der Waals surface area contributed by atoms with Gasteiger partial charge < -0.3 is 5.73 Å². The summed E-state index contributed by atoms with van der Waals surface area (Å²) in [6, 6.07) is 0. The molecule has 0 unspecified atom stereocenters. The summed E-state index contributed by atoms with van der Waals surface area (Å²) in [5.74, 6) is 2.28. The minimum Gasteiger partial charge on any atom is -0.395 e. The van der Waals surface area contributed by atoms with E-state index in [0.717, 1.165) is 0 Å². The van der Waals surface area contributed by atoms with E-state index in [1.165, 1.54) is 6.20 Å². The lowest BCUT2D eigenvalue weighted by Crippen LogP contribution is -1.95. The van der Waals surface area contributed by atoms with Crippen molar-refractivity contribution in [3.8, 4) is 12.3 Å². The zero-order chi connectivity index (χ0) is 7.56. The number of hydrogen-bond donors (Lipinski definition) is 1. The molecule has 0 fully saturated rings. The molecule has 0 amide bonds. The van der Waals surface area contributed by atoms with Crippen molar-refractivity contribution in [2.75, 3.05) is 5.73 Å². The highest BCUT2D eigenvalue weighted by Gasteiger charge is 1.97. The van der Waals surface area contributed by atoms with E-state index in [1.54, 1.807) is 0 Å². The Morgan fingerprint density at radius 2 is 2.40 bits per heavy atom. The molecular formula is C6H4ClN3. The van der Waals surface area contributed by atoms with Crippen LogP contribution in [0.3, 0.4) is 0 Å². The van der Waals surface area contributed by atoms with Gasteiger partial charge in [0.2, 0.25) is 5.28 Å². The van der Waals surface area contributed by atoms with Crippen molar-refractivity contribution in [1.82, 2.24) is 9.97 Å². The predicted octanol–water partition coefficient (Wildman–Crippen LogP) is 0.694. The Morgan fingerprint density at radius 1 is 1.70 bits per heavy atom. The van der Waals surface area contributed by atoms with Gasteiger partial charge in [-0.3, -0.25) is 0 Å². The van der Waals surface area contributed by atoms with Gasteiger partial charge in [0.15, 0.2) is 0 Å². The Hall–Kier alpha value is -1.27. The fourth-order valence-electron chi connectivity index (χ4n) is 0.485. The molecule has 0 aliphatic heterocycles. The van der Waals surface area contributed by atoms with Crippen LogP contribution in [-0.4, -0.2) is 9.97 Å². The van der Waals surface area contributed by atoms with E-state index in [0.29, 0.717) is 11.4 Å². The number of nitrogens with zero attached hydrogens (tertiary/aromatic N) is 2. The standard InChI is InChI=1S/C6H4ClN3/c1-2-5-4(8)3-9-6(7)10-5/h1,3H,8H2. The third-order valence-corrected chi connectivity index (χ3v) is 1.11. The summed E-state index contributed by atoms with van der Waals surface area (Å²) >= 11 is 5.42. The smallest absolute Gasteiger partial charge is 0.223 e. The van der Waals surface area contributed by atoms with Crippen molar-refractivity contribution in [3.05, 3.63) is 17.2 Å². The number of terminal acetylenes is 1. The Balaban J connectivity index is 3.25. The first-order valence-corrected chi connectivity index (χ1v) is 2.86. The molecule has 0 radical (unpaired) electrons. The van der Waals surface area contributed by atoms with Crippen LogP contribution < -0.4 is 5.73 Å². The maximum absolute atomic E-state index is 5.42. The van der Waals surface area contributed by atoms with Crippen LogP contribution >= 0.6 is 11.6 Å². The van der Waals surface area contributed by atoms with E-state index in [-0.39, 0.29) is 5.28 Å². The maximum Gasteiger partial charge on any atom is 0.223 e. The molecule has 0 aliphatic rings. The summed E-state index contributed by atoms with van der Waals surface area (Å²) in [6.07, 6.45) is 6.42. The molecule has 3 nitrogen and oxygen atoms in total. The molecule has 50 valence electrons. The molecule has 10 heavy (non-hydrogen) atoms. The highest BCUT2D eigenvalue weighted by molar-refractivity contribution is 6.28. The van der Waals surface area contributed by atoms with Gasteiger partial charge in [-0.1, -0.05) is 0 Å². The molecule has 0 bridgehead atoms. The lowest BCUT2D eigenvalue weighted by atomic mass is 10.4. The summed E-state index contributed by atoms with van der Waals surface area (Å²) in [7, 11) is 0. The van der Waals surface area contributed by atoms with Crippen molar-refractivity contribution < 1.29 is 0 Å². The molecule has 0 saturated heterocycles. The maximum atomic E-state index is 5.42. The molecule has 0 aromatic carbocycles. The second-order valence-electron chi connectivity index (χ2n) is 1.59. The first-order chi connectivity index (χ1) is 4.74. The lowest BCUT2D eigenvalue weighted by molar-refractivity contribution is 1.15. The largest absolute Gasteiger partial charge is 0.395 e. The number of nitrogens with two attached hydrogens (primary N) is 1. The summed E-state index contributed by atoms with van der Waals surface area (Å²) in [5.41, 5.74) is 6.07. The van der Waals surface area contributed by atoms with Crippen LogP contribution in [0, 0.1) is 12.3 Å². The molecule has 1 aromatic rings. The molecule has 1 heterocycles. The van der Waals surface area contributed by atoms with Gasteiger partial charge in [0.1, 0.15) is 5.69 Å². The Bertz CT molecular complexity index is 290. The molecule has 0 spiro atoms. The first-order valence-electron chi connectivity index (χ1n) is 2.48. The van der Waals surface area contributed by atoms with Crippen LogP contribution in [-0.2, 0) is 0 Å². The number of anilines is 1. The molecule has 2 N–H and O–H groups in total. The molecule has 1 aromatic heterocycles. The lowest BCUT2D eigenvalue weighted by Gasteiger charge is -1.94. The number of hydrogen-bond acceptors (Lipinski definition) is 3. The quantitative estimate of drug-likeness (QED) is 0.441. The number of rotatable bonds is 0. The zero-order valence-electron chi connectivity index (χ0n) is 5.00. The Morgan fingerprint density at radius 3 is 2.90 bits per heavy atom. The van der Waals surface area contributed by atoms with Crippen molar-refractivity contribution in [2.24, 2.45) is 0 Å². The van der Waals surface area contributed by atoms with E-state index >= 15 is 0 Å². The highest BCUT2D eigenvalue weighted by Crippen LogP contribution is 2.07. The van der Waals surface area contributed by atoms with E-state index in [2.05, 4.69) is 15.9 Å². The highest BCUT2D eigenvalue weighted by atomic mass is 35.5. The van der Waals surface area contributed by atoms with Crippen molar-refractivity contribution in [2.45, 2.75) is 0 Å². The summed E-state index contributed by atoms with van der Waals surface area (Å²) in [5, 5.41) is 0.113. The van der Waals surface area contributed by atoms with E-state index < -0.39 is 0 Å². The van der Waals surface area contributed by atoms with Crippen LogP contribution in [0.5, 0.6) is 0 Å². The Kier molecular flexibility index (Phi) is 1.74. The van der Waals surface area contributed by atoms with Gasteiger partial charge in [-0.05, 0) is 17.5 Å². The van der Waals surface area contributed by atoms with Crippen molar-refractivity contribution in [3.63, 3.8) is 0 Å². The van der Waals surface area contributed by atoms with E-state index in [4.69, 9.17) is 23.8 Å². The number of aromatic nitrogens is 2. The average Bonchev–Trinajstić information content (AvgIpc) is 1.94. The SMILES string of the molecule is C#Cc1nc(Cl)ncc1N. The van der Waals surface area contributed by atoms with Gasteiger partial charge in [-0.25, -0.2) is 9.97 Å². The molecule has 0 saturated carbocycles. The van der Waals surface area contributed by atoms with E-state index in [1.807, 2.05) is 0 Å². The number of halogens is 1. The van der Waals surface area contributed by atoms with Crippen LogP contribution in [0.2, 0.25) is 5.28 Å². The van der Waals surface area contributed by atoms with Crippen molar-refractivity contribution in [1.29, 1.82) is 0 Å². The Labute approximate surface area is 63.2 Å². The predicted molar refractivity (Wildman–Crippen MR) is 39.4 cm³/mol. The monoisotopic (exact) mass is 153 g/mol. The molecule has 0 aliphatic carbocycles. The second kappa shape index (κ2) is 2.54. The van der Waals surface area contributed by atoms with Crippen LogP contribution in [0.1, 0.15) is 5.69 Å². The average molecular weight is 154 g/mol. The molecule has 0 atom stereocenters. The van der Waals surface area contributed by atoms with Gasteiger partial charge in [0.25, 0.3) is 0 Å². The third-order valence-electron chi connectivity index (χ3n) is 0.924. The van der Waals surface area contributed by atoms with Gasteiger partial charge in [-0.2, -0.15) is 0 Å². The summed E-state index contributed by atoms with van der Waals surface area (Å²) in [4.78, 5) is 7.31. The molecule has 4 heteroatoms. The fraction of sp³-hybridized carbons (Fsp3) is 0. The van der Waals surface area contributed by atoms with Gasteiger partial charge in [-0.15, -0.1) is 6.42 Å². The molecule has 1 rings (SSSR count). The topological polar surface area (TPSA) is 51.8 Å². The summed E-state index contributed by atoms with van der Waals surface area (Å²) < 4.78 is 0. The van der Waals surface area contributed by atoms with Gasteiger partial charge in [0.05, 0.1) is 11.9 Å². The zero-order valence-corrected chi connectivity index (χ0v) is 5.76. The minimum atomic E-state index is 0.113. The van der Waals surface area contributed by atoms with Crippen LogP contribution in [0.25, 0.3) is 0 Å². The fourth-order valence-corrected chi connectivity index (χ4v) is 0.619. The van der Waals surface area contributed by atoms with Crippen LogP contribution in [0.15, 0.2) is 6.20 Å². The summed E-state index contributed by atoms with van der Waals surface area (Å²) in [6.45, 7) is 0. The van der Waals surface area contributed by atoms with E-state index in [9.17, 15) is 0 Å². The first kappa shape index (κ1) is 6.84. The molecular weight excluding hydrogens is 150 g/mol. The normalized spacial score (nSPS) is 8.80. The van der Waals surface area contributed by atoms with Gasteiger partial charge >= 0.3 is 0 Å². The van der Waals surface area contributed by atoms with Gasteiger partial charge in [0, 0.05) is 0 Å². The number of nitrogen functional groups attached to an aromatic ring is 1. The van der Waals surface area contributed by atoms with Crippen molar-refractivity contribution >= 4 is 17.3 Å². The second-order valence-corrected chi connectivity index (χ2v) is 1.93.